The van der Waals surface area contributed by atoms with Crippen molar-refractivity contribution in [1.82, 2.24) is 4.90 Å². The summed E-state index contributed by atoms with van der Waals surface area (Å²) in [6, 6.07) is 10.7. The lowest BCUT2D eigenvalue weighted by atomic mass is 10.2. The molecule has 1 aromatic carbocycles. The van der Waals surface area contributed by atoms with Crippen LogP contribution >= 0.6 is 12.4 Å². The normalized spacial score (nSPS) is 18.2. The van der Waals surface area contributed by atoms with Crippen molar-refractivity contribution in [1.29, 1.82) is 0 Å². The smallest absolute Gasteiger partial charge is 0.0478 e. The SMILES string of the molecule is Cl.c1ccc(CN2CCCOCCC2)cc1. The van der Waals surface area contributed by atoms with Gasteiger partial charge >= 0.3 is 0 Å². The monoisotopic (exact) mass is 241 g/mol. The molecule has 1 aliphatic heterocycles. The Morgan fingerprint density at radius 3 is 2.25 bits per heavy atom. The highest BCUT2D eigenvalue weighted by Crippen LogP contribution is 2.07. The molecule has 90 valence electrons. The standard InChI is InChI=1S/C13H19NO.ClH/c1-2-6-13(7-3-1)12-14-8-4-10-15-11-5-9-14;/h1-3,6-7H,4-5,8-12H2;1H. The molecule has 2 nitrogen and oxygen atoms in total. The van der Waals surface area contributed by atoms with E-state index in [-0.39, 0.29) is 12.4 Å². The van der Waals surface area contributed by atoms with Gasteiger partial charge in [-0.1, -0.05) is 30.3 Å². The average molecular weight is 242 g/mol. The Hall–Kier alpha value is -0.570. The van der Waals surface area contributed by atoms with Crippen molar-refractivity contribution >= 4 is 12.4 Å². The minimum Gasteiger partial charge on any atom is -0.381 e. The highest BCUT2D eigenvalue weighted by Gasteiger charge is 2.07. The predicted molar refractivity (Wildman–Crippen MR) is 69.0 cm³/mol. The molecule has 0 N–H and O–H groups in total. The van der Waals surface area contributed by atoms with Crippen molar-refractivity contribution in [2.45, 2.75) is 19.4 Å². The number of hydrogen-bond acceptors (Lipinski definition) is 2. The first kappa shape index (κ1) is 13.5. The summed E-state index contributed by atoms with van der Waals surface area (Å²) in [6.45, 7) is 5.25. The molecular formula is C13H20ClNO. The minimum absolute atomic E-state index is 0. The van der Waals surface area contributed by atoms with Gasteiger partial charge in [0.15, 0.2) is 0 Å². The van der Waals surface area contributed by atoms with Crippen LogP contribution in [-0.2, 0) is 11.3 Å². The highest BCUT2D eigenvalue weighted by molar-refractivity contribution is 5.85. The van der Waals surface area contributed by atoms with Crippen molar-refractivity contribution in [3.63, 3.8) is 0 Å². The lowest BCUT2D eigenvalue weighted by molar-refractivity contribution is 0.0865. The molecule has 1 fully saturated rings. The van der Waals surface area contributed by atoms with E-state index in [1.807, 2.05) is 0 Å². The van der Waals surface area contributed by atoms with Crippen LogP contribution in [0.1, 0.15) is 18.4 Å². The largest absolute Gasteiger partial charge is 0.381 e. The van der Waals surface area contributed by atoms with E-state index in [1.165, 1.54) is 5.56 Å². The maximum atomic E-state index is 5.45. The van der Waals surface area contributed by atoms with Crippen LogP contribution in [0, 0.1) is 0 Å². The third kappa shape index (κ3) is 4.52. The van der Waals surface area contributed by atoms with E-state index >= 15 is 0 Å². The summed E-state index contributed by atoms with van der Waals surface area (Å²) < 4.78 is 5.45. The molecule has 0 spiro atoms. The Morgan fingerprint density at radius 2 is 1.62 bits per heavy atom. The van der Waals surface area contributed by atoms with Gasteiger partial charge in [-0.25, -0.2) is 0 Å². The Labute approximate surface area is 104 Å². The van der Waals surface area contributed by atoms with E-state index < -0.39 is 0 Å². The molecule has 0 radical (unpaired) electrons. The molecule has 0 aromatic heterocycles. The van der Waals surface area contributed by atoms with Crippen LogP contribution in [0.3, 0.4) is 0 Å². The van der Waals surface area contributed by atoms with Gasteiger partial charge in [-0.15, -0.1) is 12.4 Å². The Kier molecular flexibility index (Phi) is 6.46. The van der Waals surface area contributed by atoms with Crippen molar-refractivity contribution < 1.29 is 4.74 Å². The summed E-state index contributed by atoms with van der Waals surface area (Å²) in [4.78, 5) is 2.53. The number of hydrogen-bond donors (Lipinski definition) is 0. The minimum atomic E-state index is 0. The molecular weight excluding hydrogens is 222 g/mol. The molecule has 1 aliphatic rings. The molecule has 16 heavy (non-hydrogen) atoms. The summed E-state index contributed by atoms with van der Waals surface area (Å²) in [5, 5.41) is 0. The number of ether oxygens (including phenoxy) is 1. The maximum absolute atomic E-state index is 5.45. The fraction of sp³-hybridized carbons (Fsp3) is 0.538. The summed E-state index contributed by atoms with van der Waals surface area (Å²) in [5.41, 5.74) is 1.42. The molecule has 3 heteroatoms. The molecule has 0 amide bonds. The first-order valence-corrected chi connectivity index (χ1v) is 5.79. The van der Waals surface area contributed by atoms with E-state index in [4.69, 9.17) is 4.74 Å². The Bertz CT molecular complexity index is 271. The Balaban J connectivity index is 0.00000128. The first-order chi connectivity index (χ1) is 7.45. The van der Waals surface area contributed by atoms with Gasteiger partial charge in [-0.2, -0.15) is 0 Å². The molecule has 1 saturated heterocycles. The average Bonchev–Trinajstić information content (AvgIpc) is 2.23. The van der Waals surface area contributed by atoms with Crippen LogP contribution < -0.4 is 0 Å². The van der Waals surface area contributed by atoms with Gasteiger partial charge in [0.25, 0.3) is 0 Å². The zero-order valence-electron chi connectivity index (χ0n) is 9.60. The van der Waals surface area contributed by atoms with Crippen LogP contribution in [0.15, 0.2) is 30.3 Å². The van der Waals surface area contributed by atoms with Crippen molar-refractivity contribution in [3.05, 3.63) is 35.9 Å². The quantitative estimate of drug-likeness (QED) is 0.790. The van der Waals surface area contributed by atoms with Gasteiger partial charge in [0.05, 0.1) is 0 Å². The number of halogens is 1. The Morgan fingerprint density at radius 1 is 1.00 bits per heavy atom. The molecule has 0 unspecified atom stereocenters. The summed E-state index contributed by atoms with van der Waals surface area (Å²) >= 11 is 0. The fourth-order valence-electron chi connectivity index (χ4n) is 1.99. The third-order valence-corrected chi connectivity index (χ3v) is 2.78. The number of rotatable bonds is 2. The van der Waals surface area contributed by atoms with Crippen LogP contribution in [0.5, 0.6) is 0 Å². The predicted octanol–water partition coefficient (Wildman–Crippen LogP) is 2.72. The van der Waals surface area contributed by atoms with Crippen LogP contribution in [0.2, 0.25) is 0 Å². The summed E-state index contributed by atoms with van der Waals surface area (Å²) in [6.07, 6.45) is 2.32. The topological polar surface area (TPSA) is 12.5 Å². The number of nitrogens with zero attached hydrogens (tertiary/aromatic N) is 1. The van der Waals surface area contributed by atoms with Gasteiger partial charge in [-0.05, 0) is 18.4 Å². The maximum Gasteiger partial charge on any atom is 0.0478 e. The van der Waals surface area contributed by atoms with Crippen LogP contribution in [0.4, 0.5) is 0 Å². The summed E-state index contributed by atoms with van der Waals surface area (Å²) in [7, 11) is 0. The zero-order chi connectivity index (χ0) is 10.3. The van der Waals surface area contributed by atoms with Crippen LogP contribution in [-0.4, -0.2) is 31.2 Å². The van der Waals surface area contributed by atoms with Crippen molar-refractivity contribution in [2.75, 3.05) is 26.3 Å². The van der Waals surface area contributed by atoms with Gasteiger partial charge in [-0.3, -0.25) is 4.90 Å². The van der Waals surface area contributed by atoms with E-state index in [0.717, 1.165) is 45.7 Å². The molecule has 1 aromatic rings. The molecule has 0 bridgehead atoms. The van der Waals surface area contributed by atoms with Gasteiger partial charge < -0.3 is 4.74 Å². The van der Waals surface area contributed by atoms with Gasteiger partial charge in [0.1, 0.15) is 0 Å². The van der Waals surface area contributed by atoms with Gasteiger partial charge in [0, 0.05) is 32.8 Å². The van der Waals surface area contributed by atoms with E-state index in [0.29, 0.717) is 0 Å². The third-order valence-electron chi connectivity index (χ3n) is 2.78. The molecule has 0 atom stereocenters. The second kappa shape index (κ2) is 7.66. The molecule has 2 rings (SSSR count). The van der Waals surface area contributed by atoms with E-state index in [2.05, 4.69) is 35.2 Å². The second-order valence-electron chi connectivity index (χ2n) is 4.08. The second-order valence-corrected chi connectivity index (χ2v) is 4.08. The van der Waals surface area contributed by atoms with E-state index in [1.54, 1.807) is 0 Å². The zero-order valence-corrected chi connectivity index (χ0v) is 10.4. The van der Waals surface area contributed by atoms with Gasteiger partial charge in [0.2, 0.25) is 0 Å². The first-order valence-electron chi connectivity index (χ1n) is 5.79. The molecule has 0 aliphatic carbocycles. The van der Waals surface area contributed by atoms with Crippen molar-refractivity contribution in [3.8, 4) is 0 Å². The highest BCUT2D eigenvalue weighted by atomic mass is 35.5. The lowest BCUT2D eigenvalue weighted by Crippen LogP contribution is -2.29. The summed E-state index contributed by atoms with van der Waals surface area (Å²) in [5.74, 6) is 0. The lowest BCUT2D eigenvalue weighted by Gasteiger charge is -2.24. The number of benzene rings is 1. The fourth-order valence-corrected chi connectivity index (χ4v) is 1.99. The van der Waals surface area contributed by atoms with E-state index in [9.17, 15) is 0 Å². The molecule has 0 saturated carbocycles. The van der Waals surface area contributed by atoms with Crippen molar-refractivity contribution in [2.24, 2.45) is 0 Å². The van der Waals surface area contributed by atoms with Crippen LogP contribution in [0.25, 0.3) is 0 Å². The molecule has 1 heterocycles.